The van der Waals surface area contributed by atoms with Crippen molar-refractivity contribution in [2.75, 3.05) is 7.05 Å². The zero-order valence-corrected chi connectivity index (χ0v) is 15.5. The SMILES string of the molecule is CCn1ncc(Br)c1CN(C)C(=O)C(C)n1cc([N+](=O)[O-])c(C)n1. The number of aromatic nitrogens is 4. The van der Waals surface area contributed by atoms with E-state index in [9.17, 15) is 14.9 Å². The number of hydrogen-bond donors (Lipinski definition) is 0. The van der Waals surface area contributed by atoms with E-state index in [2.05, 4.69) is 26.1 Å². The second-order valence-corrected chi connectivity index (χ2v) is 6.32. The fraction of sp³-hybridized carbons (Fsp3) is 0.500. The number of rotatable bonds is 6. The highest BCUT2D eigenvalue weighted by Gasteiger charge is 2.25. The molecule has 9 nitrogen and oxygen atoms in total. The first-order chi connectivity index (χ1) is 11.3. The van der Waals surface area contributed by atoms with Crippen LogP contribution in [0.4, 0.5) is 5.69 Å². The van der Waals surface area contributed by atoms with Crippen LogP contribution < -0.4 is 0 Å². The standard InChI is InChI=1S/C14H19BrN6O3/c1-5-19-13(11(15)6-16-19)7-18(4)14(22)10(3)20-8-12(21(23)24)9(2)17-20/h6,8,10H,5,7H2,1-4H3. The van der Waals surface area contributed by atoms with Gasteiger partial charge in [-0.15, -0.1) is 0 Å². The minimum Gasteiger partial charge on any atom is -0.338 e. The summed E-state index contributed by atoms with van der Waals surface area (Å²) in [5, 5.41) is 19.2. The van der Waals surface area contributed by atoms with Crippen LogP contribution in [0.2, 0.25) is 0 Å². The van der Waals surface area contributed by atoms with Gasteiger partial charge in [0.25, 0.3) is 0 Å². The van der Waals surface area contributed by atoms with Crippen LogP contribution in [0.15, 0.2) is 16.9 Å². The number of likely N-dealkylation sites (N-methyl/N-ethyl adjacent to an activating group) is 1. The van der Waals surface area contributed by atoms with E-state index in [1.54, 1.807) is 36.7 Å². The van der Waals surface area contributed by atoms with Gasteiger partial charge in [-0.2, -0.15) is 10.2 Å². The van der Waals surface area contributed by atoms with E-state index in [4.69, 9.17) is 0 Å². The molecular formula is C14H19BrN6O3. The molecule has 1 unspecified atom stereocenters. The number of amides is 1. The van der Waals surface area contributed by atoms with Gasteiger partial charge in [-0.3, -0.25) is 24.3 Å². The molecule has 0 fully saturated rings. The molecule has 0 aliphatic heterocycles. The number of hydrogen-bond acceptors (Lipinski definition) is 5. The molecular weight excluding hydrogens is 380 g/mol. The molecule has 2 aromatic heterocycles. The van der Waals surface area contributed by atoms with Crippen molar-refractivity contribution in [3.63, 3.8) is 0 Å². The van der Waals surface area contributed by atoms with Crippen LogP contribution in [0, 0.1) is 17.0 Å². The van der Waals surface area contributed by atoms with Crippen LogP contribution in [0.5, 0.6) is 0 Å². The van der Waals surface area contributed by atoms with Gasteiger partial charge >= 0.3 is 5.69 Å². The van der Waals surface area contributed by atoms with E-state index >= 15 is 0 Å². The molecule has 0 radical (unpaired) electrons. The molecule has 0 saturated heterocycles. The van der Waals surface area contributed by atoms with Gasteiger partial charge in [0, 0.05) is 13.6 Å². The van der Waals surface area contributed by atoms with Crippen molar-refractivity contribution in [3.8, 4) is 0 Å². The van der Waals surface area contributed by atoms with Crippen LogP contribution in [-0.4, -0.2) is 42.3 Å². The van der Waals surface area contributed by atoms with Crippen LogP contribution in [0.25, 0.3) is 0 Å². The van der Waals surface area contributed by atoms with Gasteiger partial charge in [0.05, 0.1) is 27.8 Å². The summed E-state index contributed by atoms with van der Waals surface area (Å²) in [6, 6.07) is -0.640. The normalized spacial score (nSPS) is 12.2. The number of nitro groups is 1. The Morgan fingerprint density at radius 3 is 2.75 bits per heavy atom. The molecule has 130 valence electrons. The lowest BCUT2D eigenvalue weighted by Gasteiger charge is -2.22. The lowest BCUT2D eigenvalue weighted by atomic mass is 10.3. The van der Waals surface area contributed by atoms with Gasteiger partial charge in [0.1, 0.15) is 17.9 Å². The van der Waals surface area contributed by atoms with E-state index in [0.717, 1.165) is 10.2 Å². The molecule has 0 saturated carbocycles. The smallest absolute Gasteiger partial charge is 0.309 e. The van der Waals surface area contributed by atoms with Gasteiger partial charge in [-0.25, -0.2) is 0 Å². The fourth-order valence-electron chi connectivity index (χ4n) is 2.40. The predicted octanol–water partition coefficient (Wildman–Crippen LogP) is 2.30. The molecule has 0 spiro atoms. The summed E-state index contributed by atoms with van der Waals surface area (Å²) in [5.74, 6) is -0.192. The highest BCUT2D eigenvalue weighted by molar-refractivity contribution is 9.10. The molecule has 24 heavy (non-hydrogen) atoms. The molecule has 1 amide bonds. The molecule has 0 bridgehead atoms. The lowest BCUT2D eigenvalue weighted by molar-refractivity contribution is -0.385. The van der Waals surface area contributed by atoms with E-state index < -0.39 is 11.0 Å². The van der Waals surface area contributed by atoms with Gasteiger partial charge in [0.2, 0.25) is 5.91 Å². The minimum absolute atomic E-state index is 0.0934. The topological polar surface area (TPSA) is 99.1 Å². The summed E-state index contributed by atoms with van der Waals surface area (Å²) in [6.45, 7) is 6.26. The predicted molar refractivity (Wildman–Crippen MR) is 90.4 cm³/mol. The Morgan fingerprint density at radius 1 is 1.54 bits per heavy atom. The maximum Gasteiger partial charge on any atom is 0.309 e. The third-order valence-corrected chi connectivity index (χ3v) is 4.46. The highest BCUT2D eigenvalue weighted by atomic mass is 79.9. The minimum atomic E-state index is -0.640. The van der Waals surface area contributed by atoms with Crippen LogP contribution in [0.3, 0.4) is 0 Å². The molecule has 2 rings (SSSR count). The Labute approximate surface area is 147 Å². The second kappa shape index (κ2) is 7.12. The van der Waals surface area contributed by atoms with Crippen molar-refractivity contribution in [2.24, 2.45) is 0 Å². The number of halogens is 1. The first-order valence-corrected chi connectivity index (χ1v) is 8.20. The first-order valence-electron chi connectivity index (χ1n) is 7.41. The zero-order valence-electron chi connectivity index (χ0n) is 13.9. The number of nitrogens with zero attached hydrogens (tertiary/aromatic N) is 6. The maximum atomic E-state index is 12.6. The summed E-state index contributed by atoms with van der Waals surface area (Å²) in [6.07, 6.45) is 2.98. The van der Waals surface area contributed by atoms with Crippen molar-refractivity contribution < 1.29 is 9.72 Å². The summed E-state index contributed by atoms with van der Waals surface area (Å²) in [4.78, 5) is 24.6. The Balaban J connectivity index is 2.16. The van der Waals surface area contributed by atoms with Crippen molar-refractivity contribution in [1.29, 1.82) is 0 Å². The maximum absolute atomic E-state index is 12.6. The zero-order chi connectivity index (χ0) is 18.0. The second-order valence-electron chi connectivity index (χ2n) is 5.46. The van der Waals surface area contributed by atoms with Crippen molar-refractivity contribution in [3.05, 3.63) is 38.4 Å². The molecule has 2 heterocycles. The van der Waals surface area contributed by atoms with Crippen LogP contribution in [-0.2, 0) is 17.9 Å². The molecule has 0 aliphatic rings. The van der Waals surface area contributed by atoms with Crippen molar-refractivity contribution in [1.82, 2.24) is 24.5 Å². The van der Waals surface area contributed by atoms with E-state index in [0.29, 0.717) is 13.1 Å². The molecule has 2 aromatic rings. The Morgan fingerprint density at radius 2 is 2.21 bits per heavy atom. The van der Waals surface area contributed by atoms with Gasteiger partial charge in [0.15, 0.2) is 0 Å². The monoisotopic (exact) mass is 398 g/mol. The fourth-order valence-corrected chi connectivity index (χ4v) is 2.82. The summed E-state index contributed by atoms with van der Waals surface area (Å²) in [7, 11) is 1.68. The van der Waals surface area contributed by atoms with E-state index in [1.165, 1.54) is 10.9 Å². The number of aryl methyl sites for hydroxylation is 2. The highest BCUT2D eigenvalue weighted by Crippen LogP contribution is 2.21. The molecule has 0 aromatic carbocycles. The van der Waals surface area contributed by atoms with Gasteiger partial charge in [-0.05, 0) is 36.7 Å². The quantitative estimate of drug-likeness (QED) is 0.548. The van der Waals surface area contributed by atoms with Gasteiger partial charge in [-0.1, -0.05) is 0 Å². The van der Waals surface area contributed by atoms with Gasteiger partial charge < -0.3 is 4.90 Å². The Hall–Kier alpha value is -2.23. The van der Waals surface area contributed by atoms with E-state index in [-0.39, 0.29) is 17.3 Å². The van der Waals surface area contributed by atoms with Crippen molar-refractivity contribution >= 4 is 27.5 Å². The molecule has 10 heteroatoms. The number of carbonyl (C=O) groups excluding carboxylic acids is 1. The summed E-state index contributed by atoms with van der Waals surface area (Å²) < 4.78 is 3.97. The molecule has 0 N–H and O–H groups in total. The van der Waals surface area contributed by atoms with Crippen LogP contribution in [0.1, 0.15) is 31.3 Å². The third kappa shape index (κ3) is 3.48. The Bertz CT molecular complexity index is 769. The average molecular weight is 399 g/mol. The van der Waals surface area contributed by atoms with Crippen LogP contribution >= 0.6 is 15.9 Å². The number of carbonyl (C=O) groups is 1. The lowest BCUT2D eigenvalue weighted by Crippen LogP contribution is -2.33. The molecule has 1 atom stereocenters. The average Bonchev–Trinajstić information content (AvgIpc) is 3.09. The van der Waals surface area contributed by atoms with E-state index in [1.807, 2.05) is 6.92 Å². The third-order valence-electron chi connectivity index (χ3n) is 3.80. The van der Waals surface area contributed by atoms with Crippen molar-refractivity contribution in [2.45, 2.75) is 39.9 Å². The summed E-state index contributed by atoms with van der Waals surface area (Å²) >= 11 is 3.43. The molecule has 0 aliphatic carbocycles. The largest absolute Gasteiger partial charge is 0.338 e. The first kappa shape index (κ1) is 18.1. The Kier molecular flexibility index (Phi) is 5.37. The summed E-state index contributed by atoms with van der Waals surface area (Å²) in [5.41, 5.74) is 1.08.